The van der Waals surface area contributed by atoms with E-state index >= 15 is 0 Å². The average molecular weight is 453 g/mol. The molecule has 0 aliphatic rings. The molecule has 0 N–H and O–H groups in total. The fourth-order valence-corrected chi connectivity index (χ4v) is 5.38. The molecule has 0 aliphatic carbocycles. The van der Waals surface area contributed by atoms with E-state index in [9.17, 15) is 0 Å². The highest BCUT2D eigenvalue weighted by Crippen LogP contribution is 2.30. The fourth-order valence-electron chi connectivity index (χ4n) is 5.38. The highest BCUT2D eigenvalue weighted by molar-refractivity contribution is 5.15. The summed E-state index contributed by atoms with van der Waals surface area (Å²) in [6.45, 7) is 4.63. The topological polar surface area (TPSA) is 17.8 Å². The molecule has 2 rings (SSSR count). The van der Waals surface area contributed by atoms with Crippen LogP contribution < -0.4 is 0 Å². The molecule has 0 spiro atoms. The molecular weight excluding hydrogens is 400 g/mol. The lowest BCUT2D eigenvalue weighted by atomic mass is 9.86. The van der Waals surface area contributed by atoms with E-state index in [0.717, 1.165) is 0 Å². The van der Waals surface area contributed by atoms with Gasteiger partial charge in [-0.25, -0.2) is 4.98 Å². The molecule has 1 aromatic heterocycles. The van der Waals surface area contributed by atoms with Crippen LogP contribution in [-0.4, -0.2) is 9.55 Å². The number of benzene rings is 1. The molecule has 0 bridgehead atoms. The third kappa shape index (κ3) is 12.5. The predicted molar refractivity (Wildman–Crippen MR) is 145 cm³/mol. The van der Waals surface area contributed by atoms with E-state index in [-0.39, 0.29) is 0 Å². The van der Waals surface area contributed by atoms with E-state index in [1.807, 2.05) is 12.5 Å². The first-order valence-corrected chi connectivity index (χ1v) is 14.4. The van der Waals surface area contributed by atoms with Crippen LogP contribution in [0.1, 0.15) is 135 Å². The van der Waals surface area contributed by atoms with Crippen molar-refractivity contribution in [2.24, 2.45) is 5.92 Å². The summed E-state index contributed by atoms with van der Waals surface area (Å²) in [7, 11) is 0. The van der Waals surface area contributed by atoms with E-state index in [4.69, 9.17) is 0 Å². The Balaban J connectivity index is 1.56. The van der Waals surface area contributed by atoms with Gasteiger partial charge in [0.25, 0.3) is 0 Å². The summed E-state index contributed by atoms with van der Waals surface area (Å²) in [6.07, 6.45) is 31.3. The molecule has 186 valence electrons. The van der Waals surface area contributed by atoms with Gasteiger partial charge < -0.3 is 4.57 Å². The van der Waals surface area contributed by atoms with Gasteiger partial charge in [-0.1, -0.05) is 140 Å². The minimum Gasteiger partial charge on any atom is -0.334 e. The lowest BCUT2D eigenvalue weighted by molar-refractivity contribution is 0.290. The van der Waals surface area contributed by atoms with Gasteiger partial charge >= 0.3 is 0 Å². The number of imidazole rings is 1. The lowest BCUT2D eigenvalue weighted by Gasteiger charge is -2.28. The molecule has 2 heteroatoms. The normalized spacial score (nSPS) is 13.3. The van der Waals surface area contributed by atoms with Crippen molar-refractivity contribution in [3.63, 3.8) is 0 Å². The smallest absolute Gasteiger partial charge is 0.0948 e. The highest BCUT2D eigenvalue weighted by atomic mass is 15.1. The Hall–Kier alpha value is -1.57. The molecule has 0 fully saturated rings. The highest BCUT2D eigenvalue weighted by Gasteiger charge is 2.21. The summed E-state index contributed by atoms with van der Waals surface area (Å²) in [5.41, 5.74) is 1.47. The first-order chi connectivity index (χ1) is 16.3. The van der Waals surface area contributed by atoms with Crippen LogP contribution in [0.15, 0.2) is 49.1 Å². The van der Waals surface area contributed by atoms with Gasteiger partial charge in [-0.15, -0.1) is 0 Å². The van der Waals surface area contributed by atoms with Gasteiger partial charge in [-0.3, -0.25) is 0 Å². The Bertz CT molecular complexity index is 649. The van der Waals surface area contributed by atoms with Crippen molar-refractivity contribution in [2.45, 2.75) is 135 Å². The van der Waals surface area contributed by atoms with Gasteiger partial charge in [-0.05, 0) is 30.7 Å². The Morgan fingerprint density at radius 1 is 0.697 bits per heavy atom. The Morgan fingerprint density at radius 3 is 1.73 bits per heavy atom. The largest absolute Gasteiger partial charge is 0.334 e. The van der Waals surface area contributed by atoms with Gasteiger partial charge in [-0.2, -0.15) is 0 Å². The summed E-state index contributed by atoms with van der Waals surface area (Å²) in [5, 5.41) is 0. The van der Waals surface area contributed by atoms with Crippen LogP contribution in [0.3, 0.4) is 0 Å². The molecule has 0 saturated heterocycles. The predicted octanol–water partition coefficient (Wildman–Crippen LogP) is 9.95. The fraction of sp³-hybridized carbons (Fsp3) is 0.710. The molecule has 2 atom stereocenters. The van der Waals surface area contributed by atoms with Crippen molar-refractivity contribution in [1.29, 1.82) is 0 Å². The van der Waals surface area contributed by atoms with Gasteiger partial charge in [0.05, 0.1) is 6.33 Å². The van der Waals surface area contributed by atoms with E-state index in [2.05, 4.69) is 59.9 Å². The molecule has 0 amide bonds. The van der Waals surface area contributed by atoms with Crippen molar-refractivity contribution < 1.29 is 0 Å². The molecular formula is C31H52N2. The number of unbranched alkanes of at least 4 members (excludes halogenated alkanes) is 14. The quantitative estimate of drug-likeness (QED) is 0.172. The van der Waals surface area contributed by atoms with Crippen LogP contribution in [0, 0.1) is 5.92 Å². The Kier molecular flexibility index (Phi) is 15.8. The molecule has 0 radical (unpaired) electrons. The van der Waals surface area contributed by atoms with Crippen LogP contribution in [0.5, 0.6) is 0 Å². The zero-order chi connectivity index (χ0) is 23.4. The second-order valence-electron chi connectivity index (χ2n) is 10.2. The van der Waals surface area contributed by atoms with Crippen LogP contribution in [0.4, 0.5) is 0 Å². The molecule has 33 heavy (non-hydrogen) atoms. The minimum atomic E-state index is 0.555. The van der Waals surface area contributed by atoms with Crippen molar-refractivity contribution in [2.75, 3.05) is 0 Å². The Morgan fingerprint density at radius 2 is 1.24 bits per heavy atom. The number of aromatic nitrogens is 2. The zero-order valence-corrected chi connectivity index (χ0v) is 21.9. The zero-order valence-electron chi connectivity index (χ0n) is 21.9. The first kappa shape index (κ1) is 27.7. The maximum absolute atomic E-state index is 4.32. The minimum absolute atomic E-state index is 0.555. The van der Waals surface area contributed by atoms with Crippen LogP contribution in [-0.2, 0) is 6.42 Å². The number of nitrogens with zero attached hydrogens (tertiary/aromatic N) is 2. The molecule has 0 saturated carbocycles. The number of hydrogen-bond donors (Lipinski definition) is 0. The van der Waals surface area contributed by atoms with Gasteiger partial charge in [0.1, 0.15) is 0 Å². The molecule has 0 aliphatic heterocycles. The molecule has 2 aromatic rings. The third-order valence-electron chi connectivity index (χ3n) is 7.39. The average Bonchev–Trinajstić information content (AvgIpc) is 3.37. The number of hydrogen-bond acceptors (Lipinski definition) is 1. The van der Waals surface area contributed by atoms with Crippen molar-refractivity contribution in [3.8, 4) is 0 Å². The summed E-state index contributed by atoms with van der Waals surface area (Å²) >= 11 is 0. The molecule has 1 heterocycles. The van der Waals surface area contributed by atoms with Crippen molar-refractivity contribution in [1.82, 2.24) is 9.55 Å². The van der Waals surface area contributed by atoms with E-state index in [1.165, 1.54) is 121 Å². The van der Waals surface area contributed by atoms with Crippen molar-refractivity contribution >= 4 is 0 Å². The van der Waals surface area contributed by atoms with E-state index < -0.39 is 0 Å². The van der Waals surface area contributed by atoms with E-state index in [1.54, 1.807) is 0 Å². The molecule has 1 aromatic carbocycles. The maximum atomic E-state index is 4.32. The van der Waals surface area contributed by atoms with Gasteiger partial charge in [0.15, 0.2) is 0 Å². The summed E-state index contributed by atoms with van der Waals surface area (Å²) < 4.78 is 2.35. The first-order valence-electron chi connectivity index (χ1n) is 14.4. The lowest BCUT2D eigenvalue weighted by Crippen LogP contribution is -2.20. The van der Waals surface area contributed by atoms with Crippen LogP contribution >= 0.6 is 0 Å². The van der Waals surface area contributed by atoms with Crippen molar-refractivity contribution in [3.05, 3.63) is 54.6 Å². The molecule has 2 unspecified atom stereocenters. The second kappa shape index (κ2) is 18.8. The Labute approximate surface area is 205 Å². The molecule has 2 nitrogen and oxygen atoms in total. The summed E-state index contributed by atoms with van der Waals surface area (Å²) in [6, 6.07) is 11.6. The van der Waals surface area contributed by atoms with Gasteiger partial charge in [0.2, 0.25) is 0 Å². The SMILES string of the molecule is CCCCCCCCCCCCCCCCCC(Cc1ccccc1)C(CC)n1ccnc1. The van der Waals surface area contributed by atoms with Gasteiger partial charge in [0, 0.05) is 18.4 Å². The standard InChI is InChI=1S/C31H52N2/c1-3-5-6-7-8-9-10-11-12-13-14-15-16-17-21-24-30(27-29-22-19-18-20-23-29)31(4-2)33-26-25-32-28-33/h18-20,22-23,25-26,28,30-31H,3-17,21,24,27H2,1-2H3. The van der Waals surface area contributed by atoms with Crippen LogP contribution in [0.25, 0.3) is 0 Å². The van der Waals surface area contributed by atoms with Crippen LogP contribution in [0.2, 0.25) is 0 Å². The third-order valence-corrected chi connectivity index (χ3v) is 7.39. The summed E-state index contributed by atoms with van der Waals surface area (Å²) in [5.74, 6) is 0.688. The monoisotopic (exact) mass is 452 g/mol. The number of rotatable bonds is 21. The second-order valence-corrected chi connectivity index (χ2v) is 10.2. The maximum Gasteiger partial charge on any atom is 0.0948 e. The van der Waals surface area contributed by atoms with E-state index in [0.29, 0.717) is 12.0 Å². The summed E-state index contributed by atoms with van der Waals surface area (Å²) in [4.78, 5) is 4.32.